The van der Waals surface area contributed by atoms with Crippen molar-refractivity contribution in [2.75, 3.05) is 6.26 Å². The molecule has 2 aromatic rings. The highest BCUT2D eigenvalue weighted by atomic mass is 32.2. The van der Waals surface area contributed by atoms with Gasteiger partial charge in [0.05, 0.1) is 12.3 Å². The molecule has 0 unspecified atom stereocenters. The van der Waals surface area contributed by atoms with Crippen molar-refractivity contribution < 1.29 is 8.42 Å². The Morgan fingerprint density at radius 2 is 2.14 bits per heavy atom. The van der Waals surface area contributed by atoms with E-state index >= 15 is 0 Å². The first kappa shape index (κ1) is 14.2. The number of aromatic nitrogens is 4. The van der Waals surface area contributed by atoms with Crippen LogP contribution < -0.4 is 4.72 Å². The molecule has 1 aliphatic rings. The molecule has 7 nitrogen and oxygen atoms in total. The van der Waals surface area contributed by atoms with Crippen LogP contribution >= 0.6 is 0 Å². The van der Waals surface area contributed by atoms with Crippen LogP contribution in [-0.4, -0.2) is 34.4 Å². The van der Waals surface area contributed by atoms with Gasteiger partial charge in [-0.1, -0.05) is 6.07 Å². The Morgan fingerprint density at radius 1 is 1.38 bits per heavy atom. The maximum Gasteiger partial charge on any atom is 0.209 e. The number of hydrogen-bond donors (Lipinski definition) is 1. The fourth-order valence-electron chi connectivity index (χ4n) is 2.16. The second-order valence-electron chi connectivity index (χ2n) is 5.31. The smallest absolute Gasteiger partial charge is 0.209 e. The molecule has 112 valence electrons. The van der Waals surface area contributed by atoms with Crippen molar-refractivity contribution >= 4 is 10.0 Å². The minimum absolute atomic E-state index is 0.388. The summed E-state index contributed by atoms with van der Waals surface area (Å²) in [5.41, 5.74) is 0. The molecule has 3 rings (SSSR count). The van der Waals surface area contributed by atoms with E-state index in [1.807, 2.05) is 18.2 Å². The molecule has 1 saturated carbocycles. The average molecular weight is 307 g/mol. The average Bonchev–Trinajstić information content (AvgIpc) is 3.16. The number of pyridine rings is 1. The molecule has 21 heavy (non-hydrogen) atoms. The van der Waals surface area contributed by atoms with Crippen molar-refractivity contribution in [1.29, 1.82) is 0 Å². The molecule has 1 N–H and O–H groups in total. The minimum atomic E-state index is -3.32. The maximum absolute atomic E-state index is 11.4. The monoisotopic (exact) mass is 307 g/mol. The number of hydrogen-bond acceptors (Lipinski definition) is 5. The van der Waals surface area contributed by atoms with Crippen LogP contribution in [0.15, 0.2) is 24.4 Å². The van der Waals surface area contributed by atoms with Crippen molar-refractivity contribution in [1.82, 2.24) is 24.5 Å². The van der Waals surface area contributed by atoms with Gasteiger partial charge in [0.15, 0.2) is 17.5 Å². The quantitative estimate of drug-likeness (QED) is 0.895. The van der Waals surface area contributed by atoms with Gasteiger partial charge < -0.3 is 0 Å². The molecule has 1 atom stereocenters. The van der Waals surface area contributed by atoms with Gasteiger partial charge in [0, 0.05) is 12.1 Å². The summed E-state index contributed by atoms with van der Waals surface area (Å²) in [6, 6.07) is 5.03. The van der Waals surface area contributed by atoms with Gasteiger partial charge in [0.1, 0.15) is 0 Å². The van der Waals surface area contributed by atoms with Gasteiger partial charge in [-0.05, 0) is 31.9 Å². The SMILES string of the molecule is C[C@@H](NS(C)(=O)=O)c1nc(C2CC2)nn1-c1ccccn1. The summed E-state index contributed by atoms with van der Waals surface area (Å²) in [5.74, 6) is 2.34. The second-order valence-corrected chi connectivity index (χ2v) is 7.09. The van der Waals surface area contributed by atoms with Gasteiger partial charge in [0.2, 0.25) is 10.0 Å². The molecule has 2 aromatic heterocycles. The van der Waals surface area contributed by atoms with E-state index in [0.717, 1.165) is 24.9 Å². The van der Waals surface area contributed by atoms with Crippen molar-refractivity contribution in [3.05, 3.63) is 36.0 Å². The molecule has 0 aliphatic heterocycles. The highest BCUT2D eigenvalue weighted by molar-refractivity contribution is 7.88. The highest BCUT2D eigenvalue weighted by Gasteiger charge is 2.30. The molecular formula is C13H17N5O2S. The van der Waals surface area contributed by atoms with Crippen LogP contribution in [0.3, 0.4) is 0 Å². The van der Waals surface area contributed by atoms with E-state index < -0.39 is 16.1 Å². The van der Waals surface area contributed by atoms with Crippen molar-refractivity contribution in [2.24, 2.45) is 0 Å². The van der Waals surface area contributed by atoms with Crippen molar-refractivity contribution in [3.63, 3.8) is 0 Å². The third-order valence-corrected chi connectivity index (χ3v) is 4.02. The second kappa shape index (κ2) is 5.19. The Labute approximate surface area is 123 Å². The Balaban J connectivity index is 2.01. The predicted molar refractivity (Wildman–Crippen MR) is 77.5 cm³/mol. The van der Waals surface area contributed by atoms with Gasteiger partial charge in [-0.25, -0.2) is 23.1 Å². The Morgan fingerprint density at radius 3 is 2.71 bits per heavy atom. The van der Waals surface area contributed by atoms with Crippen LogP contribution in [0, 0.1) is 0 Å². The molecule has 2 heterocycles. The van der Waals surface area contributed by atoms with E-state index in [-0.39, 0.29) is 0 Å². The minimum Gasteiger partial charge on any atom is -0.237 e. The summed E-state index contributed by atoms with van der Waals surface area (Å²) in [4.78, 5) is 8.78. The summed E-state index contributed by atoms with van der Waals surface area (Å²) in [6.45, 7) is 1.75. The van der Waals surface area contributed by atoms with Crippen LogP contribution in [-0.2, 0) is 10.0 Å². The fourth-order valence-corrected chi connectivity index (χ4v) is 2.90. The zero-order valence-corrected chi connectivity index (χ0v) is 12.7. The molecule has 0 spiro atoms. The molecule has 0 aromatic carbocycles. The van der Waals surface area contributed by atoms with E-state index in [2.05, 4.69) is 19.8 Å². The fraction of sp³-hybridized carbons (Fsp3) is 0.462. The van der Waals surface area contributed by atoms with E-state index in [9.17, 15) is 8.42 Å². The van der Waals surface area contributed by atoms with Gasteiger partial charge >= 0.3 is 0 Å². The van der Waals surface area contributed by atoms with E-state index in [4.69, 9.17) is 0 Å². The molecule has 0 saturated heterocycles. The first-order valence-electron chi connectivity index (χ1n) is 6.79. The lowest BCUT2D eigenvalue weighted by Gasteiger charge is -2.12. The number of nitrogens with zero attached hydrogens (tertiary/aromatic N) is 4. The lowest BCUT2D eigenvalue weighted by atomic mass is 10.3. The molecular weight excluding hydrogens is 290 g/mol. The summed E-state index contributed by atoms with van der Waals surface area (Å²) >= 11 is 0. The molecule has 0 radical (unpaired) electrons. The zero-order chi connectivity index (χ0) is 15.0. The molecule has 1 aliphatic carbocycles. The predicted octanol–water partition coefficient (Wildman–Crippen LogP) is 1.15. The van der Waals surface area contributed by atoms with E-state index in [0.29, 0.717) is 17.6 Å². The van der Waals surface area contributed by atoms with Crippen molar-refractivity contribution in [3.8, 4) is 5.82 Å². The Bertz CT molecular complexity index is 737. The number of rotatable bonds is 5. The van der Waals surface area contributed by atoms with Gasteiger partial charge in [-0.15, -0.1) is 5.10 Å². The molecule has 0 amide bonds. The largest absolute Gasteiger partial charge is 0.237 e. The van der Waals surface area contributed by atoms with Crippen LogP contribution in [0.5, 0.6) is 0 Å². The Hall–Kier alpha value is -1.80. The third kappa shape index (κ3) is 3.27. The third-order valence-electron chi connectivity index (χ3n) is 3.24. The van der Waals surface area contributed by atoms with Crippen LogP contribution in [0.4, 0.5) is 0 Å². The summed E-state index contributed by atoms with van der Waals surface area (Å²) in [6.07, 6.45) is 4.97. The maximum atomic E-state index is 11.4. The van der Waals surface area contributed by atoms with Crippen LogP contribution in [0.25, 0.3) is 5.82 Å². The molecule has 1 fully saturated rings. The lowest BCUT2D eigenvalue weighted by molar-refractivity contribution is 0.559. The van der Waals surface area contributed by atoms with Crippen LogP contribution in [0.1, 0.15) is 43.4 Å². The summed E-state index contributed by atoms with van der Waals surface area (Å²) < 4.78 is 27.0. The highest BCUT2D eigenvalue weighted by Crippen LogP contribution is 2.38. The molecule has 0 bridgehead atoms. The zero-order valence-electron chi connectivity index (χ0n) is 11.9. The first-order valence-corrected chi connectivity index (χ1v) is 8.69. The number of nitrogens with one attached hydrogen (secondary N) is 1. The number of sulfonamides is 1. The van der Waals surface area contributed by atoms with Gasteiger partial charge in [-0.3, -0.25) is 0 Å². The van der Waals surface area contributed by atoms with E-state index in [1.165, 1.54) is 0 Å². The molecule has 8 heteroatoms. The standard InChI is InChI=1S/C13H17N5O2S/c1-9(17-21(2,19)20)13-15-12(10-6-7-10)16-18(13)11-5-3-4-8-14-11/h3-5,8-10,17H,6-7H2,1-2H3/t9-/m1/s1. The topological polar surface area (TPSA) is 89.8 Å². The van der Waals surface area contributed by atoms with Gasteiger partial charge in [0.25, 0.3) is 0 Å². The van der Waals surface area contributed by atoms with Gasteiger partial charge in [-0.2, -0.15) is 4.68 Å². The Kier molecular flexibility index (Phi) is 3.50. The van der Waals surface area contributed by atoms with Crippen molar-refractivity contribution in [2.45, 2.75) is 31.7 Å². The summed E-state index contributed by atoms with van der Waals surface area (Å²) in [5, 5.41) is 4.50. The van der Waals surface area contributed by atoms with E-state index in [1.54, 1.807) is 17.8 Å². The van der Waals surface area contributed by atoms with Crippen LogP contribution in [0.2, 0.25) is 0 Å². The first-order chi connectivity index (χ1) is 9.94. The summed E-state index contributed by atoms with van der Waals surface area (Å²) in [7, 11) is -3.32. The lowest BCUT2D eigenvalue weighted by Crippen LogP contribution is -2.27. The normalized spacial score (nSPS) is 16.9.